The number of amidine groups is 1. The molecule has 2 atom stereocenters. The van der Waals surface area contributed by atoms with E-state index in [4.69, 9.17) is 34.3 Å². The Kier molecular flexibility index (Phi) is 6.95. The predicted molar refractivity (Wildman–Crippen MR) is 136 cm³/mol. The number of halogens is 2. The summed E-state index contributed by atoms with van der Waals surface area (Å²) in [6.45, 7) is 1.72. The number of nitrogens with zero attached hydrogens (tertiary/aromatic N) is 3. The highest BCUT2D eigenvalue weighted by atomic mass is 35.5. The zero-order valence-electron chi connectivity index (χ0n) is 18.3. The van der Waals surface area contributed by atoms with Gasteiger partial charge < -0.3 is 5.73 Å². The van der Waals surface area contributed by atoms with E-state index in [0.717, 1.165) is 11.1 Å². The lowest BCUT2D eigenvalue weighted by atomic mass is 9.89. The van der Waals surface area contributed by atoms with Gasteiger partial charge in [0.05, 0.1) is 10.9 Å². The Morgan fingerprint density at radius 3 is 2.06 bits per heavy atom. The van der Waals surface area contributed by atoms with Crippen LogP contribution in [0.2, 0.25) is 10.0 Å². The van der Waals surface area contributed by atoms with Crippen molar-refractivity contribution in [3.05, 3.63) is 100 Å². The molecule has 0 bridgehead atoms. The van der Waals surface area contributed by atoms with Crippen molar-refractivity contribution in [1.82, 2.24) is 9.42 Å². The molecule has 0 spiro atoms. The van der Waals surface area contributed by atoms with Gasteiger partial charge in [-0.1, -0.05) is 70.1 Å². The zero-order chi connectivity index (χ0) is 24.5. The Morgan fingerprint density at radius 1 is 0.941 bits per heavy atom. The first kappa shape index (κ1) is 24.2. The highest BCUT2D eigenvalue weighted by Crippen LogP contribution is 2.46. The van der Waals surface area contributed by atoms with E-state index in [1.807, 2.05) is 42.5 Å². The van der Waals surface area contributed by atoms with Crippen molar-refractivity contribution in [3.8, 4) is 0 Å². The molecular formula is C24H23Cl2N5O2S. The Hall–Kier alpha value is -2.91. The quantitative estimate of drug-likeness (QED) is 0.374. The molecule has 7 nitrogen and oxygen atoms in total. The summed E-state index contributed by atoms with van der Waals surface area (Å²) in [6.07, 6.45) is 0. The summed E-state index contributed by atoms with van der Waals surface area (Å²) >= 11 is 12.1. The molecule has 0 radical (unpaired) electrons. The largest absolute Gasteiger partial charge is 0.368 e. The molecule has 34 heavy (non-hydrogen) atoms. The molecule has 176 valence electrons. The van der Waals surface area contributed by atoms with Gasteiger partial charge in [0.25, 0.3) is 10.0 Å². The van der Waals surface area contributed by atoms with Gasteiger partial charge in [-0.05, 0) is 54.4 Å². The van der Waals surface area contributed by atoms with Crippen LogP contribution in [0.3, 0.4) is 0 Å². The van der Waals surface area contributed by atoms with Crippen LogP contribution >= 0.6 is 23.2 Å². The molecular weight excluding hydrogens is 493 g/mol. The van der Waals surface area contributed by atoms with Crippen LogP contribution in [0.1, 0.15) is 30.0 Å². The lowest BCUT2D eigenvalue weighted by Crippen LogP contribution is -2.49. The molecule has 2 unspecified atom stereocenters. The number of hydrogen-bond acceptors (Lipinski definition) is 3. The zero-order valence-corrected chi connectivity index (χ0v) is 20.6. The molecule has 3 N–H and O–H groups in total. The van der Waals surface area contributed by atoms with Gasteiger partial charge in [-0.3, -0.25) is 10.4 Å². The summed E-state index contributed by atoms with van der Waals surface area (Å²) in [5, 5.41) is 10.2. The summed E-state index contributed by atoms with van der Waals surface area (Å²) < 4.78 is 29.3. The van der Waals surface area contributed by atoms with Crippen LogP contribution in [-0.2, 0) is 10.0 Å². The maximum absolute atomic E-state index is 14.0. The molecule has 1 fully saturated rings. The van der Waals surface area contributed by atoms with E-state index >= 15 is 0 Å². The Bertz CT molecular complexity index is 1310. The van der Waals surface area contributed by atoms with Crippen molar-refractivity contribution in [2.75, 3.05) is 6.54 Å². The topological polar surface area (TPSA) is 103 Å². The lowest BCUT2D eigenvalue weighted by Gasteiger charge is -2.32. The van der Waals surface area contributed by atoms with Crippen molar-refractivity contribution >= 4 is 45.0 Å². The summed E-state index contributed by atoms with van der Waals surface area (Å²) in [7, 11) is -4.10. The lowest BCUT2D eigenvalue weighted by molar-refractivity contribution is 0.176. The van der Waals surface area contributed by atoms with E-state index in [0.29, 0.717) is 10.0 Å². The number of nitrogens with one attached hydrogen (secondary N) is 1. The molecule has 1 aliphatic rings. The second-order valence-electron chi connectivity index (χ2n) is 7.88. The van der Waals surface area contributed by atoms with Crippen molar-refractivity contribution in [2.24, 2.45) is 10.7 Å². The SMILES string of the molecule is CC(=N)N=C(N)N1CC(c2ccccc2)C(c2ccc(Cl)cc2)N1S(=O)(=O)c1ccc(Cl)cc1. The molecule has 1 aliphatic heterocycles. The van der Waals surface area contributed by atoms with Crippen LogP contribution in [0.5, 0.6) is 0 Å². The maximum atomic E-state index is 14.0. The number of hydrazine groups is 1. The number of nitrogens with two attached hydrogens (primary N) is 1. The summed E-state index contributed by atoms with van der Waals surface area (Å²) in [4.78, 5) is 4.12. The monoisotopic (exact) mass is 515 g/mol. The smallest absolute Gasteiger partial charge is 0.260 e. The fourth-order valence-electron chi connectivity index (χ4n) is 4.10. The molecule has 0 amide bonds. The van der Waals surface area contributed by atoms with Crippen LogP contribution in [0.4, 0.5) is 0 Å². The van der Waals surface area contributed by atoms with E-state index in [1.165, 1.54) is 40.6 Å². The number of hydrogen-bond donors (Lipinski definition) is 2. The summed E-state index contributed by atoms with van der Waals surface area (Å²) in [5.74, 6) is -0.390. The van der Waals surface area contributed by atoms with E-state index in [9.17, 15) is 8.42 Å². The first-order valence-corrected chi connectivity index (χ1v) is 12.7. The highest BCUT2D eigenvalue weighted by molar-refractivity contribution is 7.89. The van der Waals surface area contributed by atoms with Gasteiger partial charge >= 0.3 is 0 Å². The van der Waals surface area contributed by atoms with Gasteiger partial charge in [0, 0.05) is 22.5 Å². The average molecular weight is 516 g/mol. The minimum Gasteiger partial charge on any atom is -0.368 e. The first-order valence-electron chi connectivity index (χ1n) is 10.5. The molecule has 3 aromatic rings. The molecule has 4 rings (SSSR count). The third-order valence-electron chi connectivity index (χ3n) is 5.57. The maximum Gasteiger partial charge on any atom is 0.260 e. The molecule has 10 heteroatoms. The van der Waals surface area contributed by atoms with Gasteiger partial charge in [-0.25, -0.2) is 8.42 Å². The van der Waals surface area contributed by atoms with Gasteiger partial charge in [0.2, 0.25) is 5.96 Å². The molecule has 1 heterocycles. The molecule has 0 aliphatic carbocycles. The minimum absolute atomic E-state index is 0.0347. The van der Waals surface area contributed by atoms with Crippen molar-refractivity contribution in [2.45, 2.75) is 23.8 Å². The number of benzene rings is 3. The van der Waals surface area contributed by atoms with Gasteiger partial charge in [-0.15, -0.1) is 0 Å². The molecule has 0 aromatic heterocycles. The molecule has 1 saturated heterocycles. The van der Waals surface area contributed by atoms with E-state index < -0.39 is 16.1 Å². The normalized spacial score (nSPS) is 19.4. The fraction of sp³-hybridized carbons (Fsp3) is 0.167. The van der Waals surface area contributed by atoms with Crippen molar-refractivity contribution in [1.29, 1.82) is 5.41 Å². The van der Waals surface area contributed by atoms with E-state index in [1.54, 1.807) is 12.1 Å². The first-order chi connectivity index (χ1) is 16.2. The minimum atomic E-state index is -4.10. The van der Waals surface area contributed by atoms with Gasteiger partial charge in [0.1, 0.15) is 5.84 Å². The number of rotatable bonds is 4. The average Bonchev–Trinajstić information content (AvgIpc) is 3.22. The Balaban J connectivity index is 1.94. The second-order valence-corrected chi connectivity index (χ2v) is 10.6. The summed E-state index contributed by atoms with van der Waals surface area (Å²) in [5.41, 5.74) is 7.95. The van der Waals surface area contributed by atoms with Gasteiger partial charge in [-0.2, -0.15) is 4.99 Å². The molecule has 0 saturated carbocycles. The van der Waals surface area contributed by atoms with Crippen LogP contribution in [-0.4, -0.2) is 36.2 Å². The van der Waals surface area contributed by atoms with Crippen molar-refractivity contribution in [3.63, 3.8) is 0 Å². The van der Waals surface area contributed by atoms with Crippen LogP contribution < -0.4 is 5.73 Å². The predicted octanol–water partition coefficient (Wildman–Crippen LogP) is 5.05. The number of aliphatic imine (C=N–C) groups is 1. The number of guanidine groups is 1. The third kappa shape index (κ3) is 4.81. The van der Waals surface area contributed by atoms with Crippen LogP contribution in [0.25, 0.3) is 0 Å². The third-order valence-corrected chi connectivity index (χ3v) is 7.86. The number of sulfonamides is 1. The van der Waals surface area contributed by atoms with Crippen LogP contribution in [0.15, 0.2) is 88.8 Å². The van der Waals surface area contributed by atoms with E-state index in [-0.39, 0.29) is 29.2 Å². The highest BCUT2D eigenvalue weighted by Gasteiger charge is 2.49. The van der Waals surface area contributed by atoms with Crippen LogP contribution in [0, 0.1) is 5.41 Å². The Morgan fingerprint density at radius 2 is 1.50 bits per heavy atom. The van der Waals surface area contributed by atoms with Crippen molar-refractivity contribution < 1.29 is 8.42 Å². The fourth-order valence-corrected chi connectivity index (χ4v) is 6.02. The Labute approximate surface area is 209 Å². The van der Waals surface area contributed by atoms with Gasteiger partial charge in [0.15, 0.2) is 0 Å². The second kappa shape index (κ2) is 9.76. The van der Waals surface area contributed by atoms with E-state index in [2.05, 4.69) is 4.99 Å². The summed E-state index contributed by atoms with van der Waals surface area (Å²) in [6, 6.07) is 22.1. The molecule has 3 aromatic carbocycles. The standard InChI is InChI=1S/C24H23Cl2N5O2S/c1-16(27)29-24(28)30-15-22(17-5-3-2-4-6-17)23(18-7-9-19(25)10-8-18)31(30)34(32,33)21-13-11-20(26)12-14-21/h2-14,22-23H,15H2,1H3,(H3,27,28,29).